The quantitative estimate of drug-likeness (QED) is 0.190. The summed E-state index contributed by atoms with van der Waals surface area (Å²) in [5, 5.41) is 20.0. The number of hydrogen-bond donors (Lipinski definition) is 2. The molecular weight excluding hydrogens is 695 g/mol. The van der Waals surface area contributed by atoms with Gasteiger partial charge in [-0.25, -0.2) is 4.99 Å². The second-order valence-corrected chi connectivity index (χ2v) is 15.5. The number of para-hydroxylation sites is 1. The molecule has 3 heterocycles. The summed E-state index contributed by atoms with van der Waals surface area (Å²) in [5.41, 5.74) is 7.29. The number of nitrogens with one attached hydrogen (secondary N) is 2. The topological polar surface area (TPSA) is 46.3 Å². The zero-order chi connectivity index (χ0) is 37.7. The van der Waals surface area contributed by atoms with Crippen molar-refractivity contribution in [2.24, 2.45) is 4.99 Å². The lowest BCUT2D eigenvalue weighted by Crippen LogP contribution is -2.54. The Hall–Kier alpha value is -7.21. The molecule has 57 heavy (non-hydrogen) atoms. The van der Waals surface area contributed by atoms with Crippen molar-refractivity contribution in [1.82, 2.24) is 19.8 Å². The molecule has 2 atom stereocenters. The van der Waals surface area contributed by atoms with Gasteiger partial charge in [-0.1, -0.05) is 152 Å². The number of aromatic nitrogens is 2. The smallest absolute Gasteiger partial charge is 0.207 e. The Labute approximate surface area is 329 Å². The van der Waals surface area contributed by atoms with Gasteiger partial charge in [0.2, 0.25) is 5.96 Å². The average Bonchev–Trinajstić information content (AvgIpc) is 3.77. The third-order valence-electron chi connectivity index (χ3n) is 12.1. The van der Waals surface area contributed by atoms with Gasteiger partial charge in [0, 0.05) is 32.6 Å². The van der Waals surface area contributed by atoms with Gasteiger partial charge in [0.05, 0.1) is 22.1 Å². The largest absolute Gasteiger partial charge is 0.336 e. The molecule has 9 aromatic carbocycles. The molecule has 1 aliphatic heterocycles. The molecule has 2 aromatic heterocycles. The van der Waals surface area contributed by atoms with Crippen LogP contribution in [0.25, 0.3) is 81.6 Å². The van der Waals surface area contributed by atoms with E-state index in [1.165, 1.54) is 70.5 Å². The summed E-state index contributed by atoms with van der Waals surface area (Å²) in [5.74, 6) is 0.795. The lowest BCUT2D eigenvalue weighted by atomic mass is 9.97. The van der Waals surface area contributed by atoms with Crippen molar-refractivity contribution in [2.75, 3.05) is 0 Å². The molecule has 2 N–H and O–H groups in total. The summed E-state index contributed by atoms with van der Waals surface area (Å²) in [4.78, 5) is 5.60. The lowest BCUT2D eigenvalue weighted by Gasteiger charge is -2.39. The van der Waals surface area contributed by atoms with Crippen molar-refractivity contribution in [3.05, 3.63) is 199 Å². The Morgan fingerprint density at radius 1 is 0.456 bits per heavy atom. The van der Waals surface area contributed by atoms with Crippen molar-refractivity contribution < 1.29 is 0 Å². The standard InChI is InChI=1S/C52H37N5/c1-52(37-19-3-2-4-20-37)54-50(43-24-13-18-33-14-7-9-21-39(33)43)53-51(55-52)57-47-29-27-38(32-45(47)44-30-35-16-5-6-17-36(35)31-48(44)57)56-46-25-12-11-23-41(46)42-28-26-34-15-8-10-22-40(34)49(42)56/h2-32,50,54H,1H3,(H,53,55). The number of aliphatic imine (C=N–C) groups is 1. The first-order valence-electron chi connectivity index (χ1n) is 19.7. The van der Waals surface area contributed by atoms with Crippen LogP contribution < -0.4 is 10.6 Å². The van der Waals surface area contributed by atoms with E-state index in [1.54, 1.807) is 0 Å². The molecule has 0 saturated carbocycles. The van der Waals surface area contributed by atoms with E-state index in [1.807, 2.05) is 0 Å². The normalized spacial score (nSPS) is 17.3. The van der Waals surface area contributed by atoms with E-state index < -0.39 is 5.66 Å². The van der Waals surface area contributed by atoms with Crippen LogP contribution in [0.5, 0.6) is 0 Å². The molecule has 0 aliphatic carbocycles. The van der Waals surface area contributed by atoms with Gasteiger partial charge < -0.3 is 9.88 Å². The molecule has 0 bridgehead atoms. The van der Waals surface area contributed by atoms with Crippen molar-refractivity contribution in [1.29, 1.82) is 0 Å². The molecule has 1 aliphatic rings. The zero-order valence-corrected chi connectivity index (χ0v) is 31.3. The SMILES string of the molecule is CC1(c2ccccc2)N=C(n2c3ccc(-n4c5ccccc5c5ccc6ccccc6c54)cc3c3cc4ccccc4cc32)NC(c2cccc3ccccc23)N1. The number of benzene rings is 9. The molecule has 11 aromatic rings. The molecule has 0 radical (unpaired) electrons. The highest BCUT2D eigenvalue weighted by Crippen LogP contribution is 2.40. The van der Waals surface area contributed by atoms with Crippen LogP contribution >= 0.6 is 0 Å². The molecule has 270 valence electrons. The fraction of sp³-hybridized carbons (Fsp3) is 0.0577. The minimum absolute atomic E-state index is 0.230. The summed E-state index contributed by atoms with van der Waals surface area (Å²) in [7, 11) is 0. The Balaban J connectivity index is 1.14. The number of fused-ring (bicyclic) bond motifs is 10. The summed E-state index contributed by atoms with van der Waals surface area (Å²) < 4.78 is 4.81. The van der Waals surface area contributed by atoms with Crippen LogP contribution in [-0.4, -0.2) is 15.1 Å². The van der Waals surface area contributed by atoms with E-state index >= 15 is 0 Å². The van der Waals surface area contributed by atoms with Gasteiger partial charge in [0.1, 0.15) is 11.8 Å². The van der Waals surface area contributed by atoms with Gasteiger partial charge in [0.25, 0.3) is 0 Å². The molecule has 12 rings (SSSR count). The van der Waals surface area contributed by atoms with Crippen molar-refractivity contribution in [3.63, 3.8) is 0 Å². The maximum atomic E-state index is 5.60. The second kappa shape index (κ2) is 12.1. The van der Waals surface area contributed by atoms with Gasteiger partial charge in [-0.3, -0.25) is 9.88 Å². The number of hydrogen-bond acceptors (Lipinski definition) is 3. The molecule has 0 saturated heterocycles. The van der Waals surface area contributed by atoms with Crippen LogP contribution in [-0.2, 0) is 5.66 Å². The van der Waals surface area contributed by atoms with Gasteiger partial charge in [-0.15, -0.1) is 0 Å². The summed E-state index contributed by atoms with van der Waals surface area (Å²) in [6.07, 6.45) is -0.230. The average molecular weight is 732 g/mol. The predicted octanol–water partition coefficient (Wildman–Crippen LogP) is 12.3. The highest BCUT2D eigenvalue weighted by Gasteiger charge is 2.36. The first-order valence-corrected chi connectivity index (χ1v) is 19.7. The molecule has 5 nitrogen and oxygen atoms in total. The zero-order valence-electron chi connectivity index (χ0n) is 31.3. The van der Waals surface area contributed by atoms with Gasteiger partial charge in [0.15, 0.2) is 0 Å². The van der Waals surface area contributed by atoms with Crippen LogP contribution in [0.15, 0.2) is 193 Å². The maximum absolute atomic E-state index is 5.60. The van der Waals surface area contributed by atoms with Crippen LogP contribution in [0.4, 0.5) is 0 Å². The highest BCUT2D eigenvalue weighted by atomic mass is 15.4. The lowest BCUT2D eigenvalue weighted by molar-refractivity contribution is 0.293. The second-order valence-electron chi connectivity index (χ2n) is 15.5. The van der Waals surface area contributed by atoms with Gasteiger partial charge in [-0.2, -0.15) is 0 Å². The van der Waals surface area contributed by atoms with Crippen molar-refractivity contribution >= 4 is 81.9 Å². The summed E-state index contributed by atoms with van der Waals surface area (Å²) >= 11 is 0. The predicted molar refractivity (Wildman–Crippen MR) is 238 cm³/mol. The van der Waals surface area contributed by atoms with Crippen LogP contribution in [0.3, 0.4) is 0 Å². The van der Waals surface area contributed by atoms with E-state index in [9.17, 15) is 0 Å². The Bertz CT molecular complexity index is 3440. The molecule has 5 heteroatoms. The van der Waals surface area contributed by atoms with Crippen molar-refractivity contribution in [2.45, 2.75) is 18.8 Å². The van der Waals surface area contributed by atoms with Crippen LogP contribution in [0, 0.1) is 0 Å². The van der Waals surface area contributed by atoms with Gasteiger partial charge in [-0.05, 0) is 81.4 Å². The van der Waals surface area contributed by atoms with E-state index in [0.29, 0.717) is 0 Å². The molecule has 0 fully saturated rings. The monoisotopic (exact) mass is 731 g/mol. The molecule has 0 amide bonds. The maximum Gasteiger partial charge on any atom is 0.207 e. The Morgan fingerprint density at radius 3 is 1.91 bits per heavy atom. The molecular formula is C52H37N5. The van der Waals surface area contributed by atoms with E-state index in [4.69, 9.17) is 4.99 Å². The first kappa shape index (κ1) is 32.1. The number of nitrogens with zero attached hydrogens (tertiary/aromatic N) is 3. The van der Waals surface area contributed by atoms with E-state index in [0.717, 1.165) is 28.2 Å². The Morgan fingerprint density at radius 2 is 1.09 bits per heavy atom. The third-order valence-corrected chi connectivity index (χ3v) is 12.1. The fourth-order valence-corrected chi connectivity index (χ4v) is 9.46. The fourth-order valence-electron chi connectivity index (χ4n) is 9.46. The summed E-state index contributed by atoms with van der Waals surface area (Å²) in [6.45, 7) is 2.19. The minimum Gasteiger partial charge on any atom is -0.336 e. The minimum atomic E-state index is -0.729. The third kappa shape index (κ3) is 4.82. The van der Waals surface area contributed by atoms with Crippen LogP contribution in [0.1, 0.15) is 24.2 Å². The van der Waals surface area contributed by atoms with E-state index in [2.05, 4.69) is 215 Å². The highest BCUT2D eigenvalue weighted by molar-refractivity contribution is 6.20. The first-order chi connectivity index (χ1) is 28.1. The molecule has 2 unspecified atom stereocenters. The molecule has 0 spiro atoms. The van der Waals surface area contributed by atoms with E-state index in [-0.39, 0.29) is 6.17 Å². The van der Waals surface area contributed by atoms with Gasteiger partial charge >= 0.3 is 0 Å². The Kier molecular flexibility index (Phi) is 6.83. The van der Waals surface area contributed by atoms with Crippen LogP contribution in [0.2, 0.25) is 0 Å². The van der Waals surface area contributed by atoms with Crippen molar-refractivity contribution in [3.8, 4) is 5.69 Å². The number of rotatable bonds is 3. The summed E-state index contributed by atoms with van der Waals surface area (Å²) in [6, 6.07) is 68.1.